The summed E-state index contributed by atoms with van der Waals surface area (Å²) in [7, 11) is 1.44. The highest BCUT2D eigenvalue weighted by atomic mass is 16.5. The first-order chi connectivity index (χ1) is 9.70. The molecule has 1 aliphatic rings. The maximum absolute atomic E-state index is 11.1. The van der Waals surface area contributed by atoms with E-state index < -0.39 is 0 Å². The molecule has 0 bridgehead atoms. The number of ether oxygens (including phenoxy) is 1. The zero-order valence-electron chi connectivity index (χ0n) is 12.3. The molecule has 5 heteroatoms. The van der Waals surface area contributed by atoms with E-state index in [1.54, 1.807) is 0 Å². The predicted molar refractivity (Wildman–Crippen MR) is 77.3 cm³/mol. The number of esters is 1. The number of carbonyl (C=O) groups excluding carboxylic acids is 1. The molecule has 1 aromatic heterocycles. The minimum absolute atomic E-state index is 0.130. The molecule has 0 N–H and O–H groups in total. The Bertz CT molecular complexity index is 416. The van der Waals surface area contributed by atoms with E-state index >= 15 is 0 Å². The first-order valence-electron chi connectivity index (χ1n) is 7.15. The van der Waals surface area contributed by atoms with Crippen molar-refractivity contribution >= 4 is 5.97 Å². The zero-order valence-corrected chi connectivity index (χ0v) is 12.3. The summed E-state index contributed by atoms with van der Waals surface area (Å²) in [4.78, 5) is 20.3. The lowest BCUT2D eigenvalue weighted by molar-refractivity contribution is -0.141. The van der Waals surface area contributed by atoms with E-state index in [2.05, 4.69) is 32.5 Å². The predicted octanol–water partition coefficient (Wildman–Crippen LogP) is 1.32. The van der Waals surface area contributed by atoms with Gasteiger partial charge in [0, 0.05) is 45.0 Å². The van der Waals surface area contributed by atoms with E-state index in [9.17, 15) is 4.79 Å². The minimum Gasteiger partial charge on any atom is -0.469 e. The Balaban J connectivity index is 1.78. The lowest BCUT2D eigenvalue weighted by Gasteiger charge is -2.37. The molecule has 0 aliphatic carbocycles. The highest BCUT2D eigenvalue weighted by Crippen LogP contribution is 2.19. The van der Waals surface area contributed by atoms with E-state index in [1.165, 1.54) is 7.11 Å². The van der Waals surface area contributed by atoms with E-state index in [0.717, 1.165) is 38.4 Å². The van der Waals surface area contributed by atoms with E-state index in [1.807, 2.05) is 18.3 Å². The molecule has 0 amide bonds. The minimum atomic E-state index is -0.130. The van der Waals surface area contributed by atoms with Crippen molar-refractivity contribution in [3.05, 3.63) is 30.1 Å². The molecule has 0 spiro atoms. The van der Waals surface area contributed by atoms with Crippen LogP contribution in [0.3, 0.4) is 0 Å². The van der Waals surface area contributed by atoms with Gasteiger partial charge in [0.05, 0.1) is 19.2 Å². The van der Waals surface area contributed by atoms with Gasteiger partial charge >= 0.3 is 5.97 Å². The lowest BCUT2D eigenvalue weighted by atomic mass is 10.1. The molecular weight excluding hydrogens is 254 g/mol. The molecule has 2 heterocycles. The molecule has 0 saturated carbocycles. The van der Waals surface area contributed by atoms with Crippen LogP contribution in [0.15, 0.2) is 24.4 Å². The van der Waals surface area contributed by atoms with Crippen molar-refractivity contribution in [1.82, 2.24) is 14.8 Å². The first kappa shape index (κ1) is 14.9. The maximum atomic E-state index is 11.1. The summed E-state index contributed by atoms with van der Waals surface area (Å²) in [5, 5.41) is 0. The Morgan fingerprint density at radius 3 is 2.70 bits per heavy atom. The van der Waals surface area contributed by atoms with E-state index in [4.69, 9.17) is 0 Å². The highest BCUT2D eigenvalue weighted by molar-refractivity contribution is 5.69. The van der Waals surface area contributed by atoms with Crippen molar-refractivity contribution in [2.24, 2.45) is 0 Å². The maximum Gasteiger partial charge on any atom is 0.306 e. The summed E-state index contributed by atoms with van der Waals surface area (Å²) in [6, 6.07) is 6.40. The molecule has 1 atom stereocenters. The molecule has 20 heavy (non-hydrogen) atoms. The Kier molecular flexibility index (Phi) is 5.49. The number of hydrogen-bond acceptors (Lipinski definition) is 5. The SMILES string of the molecule is COC(=O)CCN1CCN(C(C)c2ccccn2)CC1. The molecule has 5 nitrogen and oxygen atoms in total. The Morgan fingerprint density at radius 2 is 2.10 bits per heavy atom. The van der Waals surface area contributed by atoms with Gasteiger partial charge in [-0.15, -0.1) is 0 Å². The molecular formula is C15H23N3O2. The molecule has 2 rings (SSSR count). The van der Waals surface area contributed by atoms with Crippen molar-refractivity contribution in [1.29, 1.82) is 0 Å². The van der Waals surface area contributed by atoms with Crippen molar-refractivity contribution < 1.29 is 9.53 Å². The van der Waals surface area contributed by atoms with Gasteiger partial charge in [0.25, 0.3) is 0 Å². The van der Waals surface area contributed by atoms with Crippen LogP contribution in [0, 0.1) is 0 Å². The van der Waals surface area contributed by atoms with Gasteiger partial charge < -0.3 is 9.64 Å². The number of methoxy groups -OCH3 is 1. The van der Waals surface area contributed by atoms with Gasteiger partial charge in [0.15, 0.2) is 0 Å². The number of carbonyl (C=O) groups is 1. The molecule has 110 valence electrons. The molecule has 1 fully saturated rings. The van der Waals surface area contributed by atoms with Crippen LogP contribution in [0.1, 0.15) is 25.1 Å². The van der Waals surface area contributed by atoms with Crippen LogP contribution in [-0.2, 0) is 9.53 Å². The molecule has 0 radical (unpaired) electrons. The Labute approximate surface area is 120 Å². The average molecular weight is 277 g/mol. The van der Waals surface area contributed by atoms with Gasteiger partial charge in [-0.1, -0.05) is 6.07 Å². The number of aromatic nitrogens is 1. The highest BCUT2D eigenvalue weighted by Gasteiger charge is 2.22. The Hall–Kier alpha value is -1.46. The van der Waals surface area contributed by atoms with Gasteiger partial charge in [0.2, 0.25) is 0 Å². The third-order valence-corrected chi connectivity index (χ3v) is 3.93. The summed E-state index contributed by atoms with van der Waals surface area (Å²) >= 11 is 0. The first-order valence-corrected chi connectivity index (χ1v) is 7.15. The Morgan fingerprint density at radius 1 is 1.35 bits per heavy atom. The fraction of sp³-hybridized carbons (Fsp3) is 0.600. The average Bonchev–Trinajstić information content (AvgIpc) is 2.53. The zero-order chi connectivity index (χ0) is 14.4. The largest absolute Gasteiger partial charge is 0.469 e. The van der Waals surface area contributed by atoms with Gasteiger partial charge in [0.1, 0.15) is 0 Å². The topological polar surface area (TPSA) is 45.7 Å². The number of hydrogen-bond donors (Lipinski definition) is 0. The standard InChI is InChI=1S/C15H23N3O2/c1-13(14-5-3-4-7-16-14)18-11-9-17(10-12-18)8-6-15(19)20-2/h3-5,7,13H,6,8-12H2,1-2H3. The molecule has 1 unspecified atom stereocenters. The second-order valence-electron chi connectivity index (χ2n) is 5.13. The number of pyridine rings is 1. The monoisotopic (exact) mass is 277 g/mol. The van der Waals surface area contributed by atoms with Crippen molar-refractivity contribution in [3.8, 4) is 0 Å². The molecule has 0 aromatic carbocycles. The fourth-order valence-electron chi connectivity index (χ4n) is 2.54. The van der Waals surface area contributed by atoms with Crippen molar-refractivity contribution in [2.75, 3.05) is 39.8 Å². The van der Waals surface area contributed by atoms with Gasteiger partial charge in [-0.2, -0.15) is 0 Å². The van der Waals surface area contributed by atoms with Gasteiger partial charge in [-0.3, -0.25) is 14.7 Å². The third kappa shape index (κ3) is 4.02. The summed E-state index contributed by atoms with van der Waals surface area (Å²) in [6.07, 6.45) is 2.32. The number of piperazine rings is 1. The lowest BCUT2D eigenvalue weighted by Crippen LogP contribution is -2.47. The summed E-state index contributed by atoms with van der Waals surface area (Å²) in [5.74, 6) is -0.130. The number of rotatable bonds is 5. The van der Waals surface area contributed by atoms with Crippen molar-refractivity contribution in [2.45, 2.75) is 19.4 Å². The smallest absolute Gasteiger partial charge is 0.306 e. The summed E-state index contributed by atoms with van der Waals surface area (Å²) in [5.41, 5.74) is 1.12. The van der Waals surface area contributed by atoms with Crippen LogP contribution < -0.4 is 0 Å². The van der Waals surface area contributed by atoms with Crippen LogP contribution >= 0.6 is 0 Å². The third-order valence-electron chi connectivity index (χ3n) is 3.93. The quantitative estimate of drug-likeness (QED) is 0.760. The van der Waals surface area contributed by atoms with Gasteiger partial charge in [-0.25, -0.2) is 0 Å². The van der Waals surface area contributed by atoms with Crippen LogP contribution in [0.25, 0.3) is 0 Å². The van der Waals surface area contributed by atoms with E-state index in [0.29, 0.717) is 12.5 Å². The fourth-order valence-corrected chi connectivity index (χ4v) is 2.54. The summed E-state index contributed by atoms with van der Waals surface area (Å²) in [6.45, 7) is 7.01. The number of nitrogens with zero attached hydrogens (tertiary/aromatic N) is 3. The normalized spacial score (nSPS) is 18.7. The van der Waals surface area contributed by atoms with Crippen LogP contribution in [0.2, 0.25) is 0 Å². The molecule has 1 aromatic rings. The summed E-state index contributed by atoms with van der Waals surface area (Å²) < 4.78 is 4.67. The van der Waals surface area contributed by atoms with Crippen molar-refractivity contribution in [3.63, 3.8) is 0 Å². The molecule has 1 saturated heterocycles. The van der Waals surface area contributed by atoms with Crippen LogP contribution in [0.4, 0.5) is 0 Å². The van der Waals surface area contributed by atoms with Crippen LogP contribution in [0.5, 0.6) is 0 Å². The van der Waals surface area contributed by atoms with Crippen LogP contribution in [-0.4, -0.2) is 60.6 Å². The second-order valence-corrected chi connectivity index (χ2v) is 5.13. The van der Waals surface area contributed by atoms with E-state index in [-0.39, 0.29) is 5.97 Å². The molecule has 1 aliphatic heterocycles. The van der Waals surface area contributed by atoms with Gasteiger partial charge in [-0.05, 0) is 19.1 Å². The second kappa shape index (κ2) is 7.36.